The van der Waals surface area contributed by atoms with Gasteiger partial charge in [0.1, 0.15) is 0 Å². The Morgan fingerprint density at radius 2 is 1.83 bits per heavy atom. The Morgan fingerprint density at radius 3 is 2.33 bits per heavy atom. The van der Waals surface area contributed by atoms with Gasteiger partial charge in [-0.25, -0.2) is 0 Å². The fraction of sp³-hybridized carbons (Fsp3) is 1.00. The molecule has 0 aromatic carbocycles. The third-order valence-corrected chi connectivity index (χ3v) is 2.14. The largest absolute Gasteiger partial charge is 0.381 e. The zero-order valence-electron chi connectivity index (χ0n) is 8.52. The van der Waals surface area contributed by atoms with Gasteiger partial charge in [-0.15, -0.1) is 0 Å². The van der Waals surface area contributed by atoms with Crippen molar-refractivity contribution in [2.45, 2.75) is 39.7 Å². The minimum absolute atomic E-state index is 0.401. The van der Waals surface area contributed by atoms with Crippen molar-refractivity contribution in [3.05, 3.63) is 0 Å². The minimum Gasteiger partial charge on any atom is -0.381 e. The van der Waals surface area contributed by atoms with Gasteiger partial charge in [0.05, 0.1) is 0 Å². The van der Waals surface area contributed by atoms with Crippen molar-refractivity contribution < 1.29 is 4.74 Å². The molecule has 2 heteroatoms. The SMILES string of the molecule is CC(C)(C)CNC1CCOCC1. The Hall–Kier alpha value is -0.0800. The van der Waals surface area contributed by atoms with Gasteiger partial charge in [-0.1, -0.05) is 20.8 Å². The summed E-state index contributed by atoms with van der Waals surface area (Å²) >= 11 is 0. The number of ether oxygens (including phenoxy) is 1. The lowest BCUT2D eigenvalue weighted by Gasteiger charge is -2.27. The number of nitrogens with one attached hydrogen (secondary N) is 1. The van der Waals surface area contributed by atoms with Crippen LogP contribution in [0.3, 0.4) is 0 Å². The van der Waals surface area contributed by atoms with Crippen molar-refractivity contribution in [3.8, 4) is 0 Å². The maximum absolute atomic E-state index is 5.29. The molecular weight excluding hydrogens is 150 g/mol. The van der Waals surface area contributed by atoms with Crippen molar-refractivity contribution in [2.75, 3.05) is 19.8 Å². The standard InChI is InChI=1S/C10H21NO/c1-10(2,3)8-11-9-4-6-12-7-5-9/h9,11H,4-8H2,1-3H3. The van der Waals surface area contributed by atoms with E-state index in [1.165, 1.54) is 12.8 Å². The van der Waals surface area contributed by atoms with Gasteiger partial charge in [0.15, 0.2) is 0 Å². The van der Waals surface area contributed by atoms with E-state index in [1.807, 2.05) is 0 Å². The van der Waals surface area contributed by atoms with Gasteiger partial charge < -0.3 is 10.1 Å². The lowest BCUT2D eigenvalue weighted by Crippen LogP contribution is -2.39. The zero-order chi connectivity index (χ0) is 9.03. The monoisotopic (exact) mass is 171 g/mol. The summed E-state index contributed by atoms with van der Waals surface area (Å²) in [6, 6.07) is 0.693. The van der Waals surface area contributed by atoms with Gasteiger partial charge in [-0.3, -0.25) is 0 Å². The van der Waals surface area contributed by atoms with Crippen LogP contribution in [0, 0.1) is 5.41 Å². The highest BCUT2D eigenvalue weighted by atomic mass is 16.5. The molecule has 0 unspecified atom stereocenters. The van der Waals surface area contributed by atoms with Crippen LogP contribution < -0.4 is 5.32 Å². The van der Waals surface area contributed by atoms with E-state index < -0.39 is 0 Å². The van der Waals surface area contributed by atoms with Gasteiger partial charge in [0.25, 0.3) is 0 Å². The van der Waals surface area contributed by atoms with Gasteiger partial charge >= 0.3 is 0 Å². The van der Waals surface area contributed by atoms with Crippen molar-refractivity contribution in [1.82, 2.24) is 5.32 Å². The predicted octanol–water partition coefficient (Wildman–Crippen LogP) is 1.80. The highest BCUT2D eigenvalue weighted by Gasteiger charge is 2.16. The molecule has 2 nitrogen and oxygen atoms in total. The van der Waals surface area contributed by atoms with Gasteiger partial charge in [-0.05, 0) is 18.3 Å². The molecule has 0 atom stereocenters. The molecule has 0 amide bonds. The van der Waals surface area contributed by atoms with Crippen LogP contribution in [0.25, 0.3) is 0 Å². The molecule has 1 fully saturated rings. The highest BCUT2D eigenvalue weighted by Crippen LogP contribution is 2.13. The predicted molar refractivity (Wildman–Crippen MR) is 51.3 cm³/mol. The number of hydrogen-bond donors (Lipinski definition) is 1. The van der Waals surface area contributed by atoms with Crippen LogP contribution >= 0.6 is 0 Å². The maximum Gasteiger partial charge on any atom is 0.0480 e. The Kier molecular flexibility index (Phi) is 3.53. The van der Waals surface area contributed by atoms with Crippen molar-refractivity contribution in [1.29, 1.82) is 0 Å². The number of rotatable bonds is 2. The average Bonchev–Trinajstić information content (AvgIpc) is 2.02. The van der Waals surface area contributed by atoms with Crippen molar-refractivity contribution in [3.63, 3.8) is 0 Å². The van der Waals surface area contributed by atoms with Crippen LogP contribution in [-0.2, 0) is 4.74 Å². The first kappa shape index (κ1) is 10.0. The molecule has 0 saturated carbocycles. The first-order valence-electron chi connectivity index (χ1n) is 4.89. The molecular formula is C10H21NO. The fourth-order valence-corrected chi connectivity index (χ4v) is 1.35. The van der Waals surface area contributed by atoms with E-state index in [9.17, 15) is 0 Å². The molecule has 1 aliphatic heterocycles. The summed E-state index contributed by atoms with van der Waals surface area (Å²) in [5, 5.41) is 3.58. The third-order valence-electron chi connectivity index (χ3n) is 2.14. The van der Waals surface area contributed by atoms with E-state index in [4.69, 9.17) is 4.74 Å². The number of hydrogen-bond acceptors (Lipinski definition) is 2. The van der Waals surface area contributed by atoms with Crippen LogP contribution in [0.4, 0.5) is 0 Å². The van der Waals surface area contributed by atoms with Crippen molar-refractivity contribution >= 4 is 0 Å². The van der Waals surface area contributed by atoms with Crippen LogP contribution in [-0.4, -0.2) is 25.8 Å². The Balaban J connectivity index is 2.13. The molecule has 12 heavy (non-hydrogen) atoms. The summed E-state index contributed by atoms with van der Waals surface area (Å²) in [5.41, 5.74) is 0.401. The van der Waals surface area contributed by atoms with Crippen LogP contribution in [0.15, 0.2) is 0 Å². The zero-order valence-corrected chi connectivity index (χ0v) is 8.52. The molecule has 1 saturated heterocycles. The second kappa shape index (κ2) is 4.24. The maximum atomic E-state index is 5.29. The van der Waals surface area contributed by atoms with Crippen LogP contribution in [0.1, 0.15) is 33.6 Å². The molecule has 0 aromatic heterocycles. The van der Waals surface area contributed by atoms with E-state index >= 15 is 0 Å². The Morgan fingerprint density at radius 1 is 1.25 bits per heavy atom. The lowest BCUT2D eigenvalue weighted by molar-refractivity contribution is 0.0756. The van der Waals surface area contributed by atoms with E-state index in [-0.39, 0.29) is 0 Å². The van der Waals surface area contributed by atoms with Gasteiger partial charge in [-0.2, -0.15) is 0 Å². The summed E-state index contributed by atoms with van der Waals surface area (Å²) in [5.74, 6) is 0. The summed E-state index contributed by atoms with van der Waals surface area (Å²) in [4.78, 5) is 0. The van der Waals surface area contributed by atoms with E-state index in [0.29, 0.717) is 11.5 Å². The minimum atomic E-state index is 0.401. The summed E-state index contributed by atoms with van der Waals surface area (Å²) in [7, 11) is 0. The molecule has 0 radical (unpaired) electrons. The van der Waals surface area contributed by atoms with Gasteiger partial charge in [0.2, 0.25) is 0 Å². The summed E-state index contributed by atoms with van der Waals surface area (Å²) < 4.78 is 5.29. The van der Waals surface area contributed by atoms with E-state index in [2.05, 4.69) is 26.1 Å². The topological polar surface area (TPSA) is 21.3 Å². The van der Waals surface area contributed by atoms with Crippen LogP contribution in [0.2, 0.25) is 0 Å². The van der Waals surface area contributed by atoms with E-state index in [0.717, 1.165) is 19.8 Å². The molecule has 1 aliphatic rings. The molecule has 1 N–H and O–H groups in total. The summed E-state index contributed by atoms with van der Waals surface area (Å²) in [6.07, 6.45) is 2.35. The molecule has 0 aliphatic carbocycles. The fourth-order valence-electron chi connectivity index (χ4n) is 1.35. The quantitative estimate of drug-likeness (QED) is 0.684. The van der Waals surface area contributed by atoms with E-state index in [1.54, 1.807) is 0 Å². The molecule has 0 bridgehead atoms. The summed E-state index contributed by atoms with van der Waals surface area (Å²) in [6.45, 7) is 9.76. The second-order valence-electron chi connectivity index (χ2n) is 4.83. The molecule has 0 aromatic rings. The second-order valence-corrected chi connectivity index (χ2v) is 4.83. The Bertz CT molecular complexity index is 122. The Labute approximate surface area is 75.7 Å². The third kappa shape index (κ3) is 4.07. The normalized spacial score (nSPS) is 21.2. The van der Waals surface area contributed by atoms with Crippen molar-refractivity contribution in [2.24, 2.45) is 5.41 Å². The molecule has 72 valence electrons. The highest BCUT2D eigenvalue weighted by molar-refractivity contribution is 4.73. The van der Waals surface area contributed by atoms with Gasteiger partial charge in [0, 0.05) is 25.8 Å². The molecule has 1 rings (SSSR count). The first-order chi connectivity index (χ1) is 5.58. The molecule has 0 spiro atoms. The van der Waals surface area contributed by atoms with Crippen LogP contribution in [0.5, 0.6) is 0 Å². The lowest BCUT2D eigenvalue weighted by atomic mass is 9.96. The molecule has 1 heterocycles. The first-order valence-corrected chi connectivity index (χ1v) is 4.89. The smallest absolute Gasteiger partial charge is 0.0480 e. The average molecular weight is 171 g/mol.